The molecule has 0 spiro atoms. The van der Waals surface area contributed by atoms with Gasteiger partial charge in [-0.25, -0.2) is 0 Å². The second kappa shape index (κ2) is 6.06. The van der Waals surface area contributed by atoms with Crippen LogP contribution in [0.1, 0.15) is 0 Å². The maximum Gasteiger partial charge on any atom is 0.298 e. The predicted octanol–water partition coefficient (Wildman–Crippen LogP) is 4.00. The van der Waals surface area contributed by atoms with E-state index in [1.54, 1.807) is 6.07 Å². The minimum atomic E-state index is 0.523. The fourth-order valence-electron chi connectivity index (χ4n) is 1.98. The number of nitrogens with zero attached hydrogens (tertiary/aromatic N) is 2. The lowest BCUT2D eigenvalue weighted by Gasteiger charge is -2.14. The quantitative estimate of drug-likeness (QED) is 0.714. The highest BCUT2D eigenvalue weighted by molar-refractivity contribution is 6.30. The smallest absolute Gasteiger partial charge is 0.298 e. The minimum Gasteiger partial charge on any atom is -0.492 e. The summed E-state index contributed by atoms with van der Waals surface area (Å²) >= 11 is 5.91. The van der Waals surface area contributed by atoms with Gasteiger partial charge in [0.2, 0.25) is 0 Å². The summed E-state index contributed by atoms with van der Waals surface area (Å²) in [5, 5.41) is 0.666. The molecule has 0 N–H and O–H groups in total. The molecule has 0 aliphatic carbocycles. The number of anilines is 1. The maximum absolute atomic E-state index is 5.91. The first kappa shape index (κ1) is 13.8. The Bertz CT molecular complexity index is 709. The summed E-state index contributed by atoms with van der Waals surface area (Å²) in [6.45, 7) is 1.19. The van der Waals surface area contributed by atoms with Gasteiger partial charge in [0.25, 0.3) is 6.01 Å². The van der Waals surface area contributed by atoms with Gasteiger partial charge in [-0.2, -0.15) is 4.98 Å². The molecule has 1 aromatic heterocycles. The van der Waals surface area contributed by atoms with Gasteiger partial charge in [-0.1, -0.05) is 29.8 Å². The first-order chi connectivity index (χ1) is 10.2. The zero-order valence-corrected chi connectivity index (χ0v) is 12.4. The number of benzene rings is 2. The summed E-state index contributed by atoms with van der Waals surface area (Å²) in [5.74, 6) is 0.758. The van der Waals surface area contributed by atoms with Crippen molar-refractivity contribution in [2.75, 3.05) is 25.1 Å². The molecule has 3 aromatic rings. The van der Waals surface area contributed by atoms with Gasteiger partial charge in [0.15, 0.2) is 5.58 Å². The van der Waals surface area contributed by atoms with E-state index in [1.807, 2.05) is 54.4 Å². The van der Waals surface area contributed by atoms with Crippen molar-refractivity contribution in [1.29, 1.82) is 0 Å². The van der Waals surface area contributed by atoms with Crippen molar-refractivity contribution in [3.8, 4) is 5.75 Å². The topological polar surface area (TPSA) is 38.5 Å². The van der Waals surface area contributed by atoms with E-state index in [0.717, 1.165) is 16.8 Å². The van der Waals surface area contributed by atoms with E-state index in [0.29, 0.717) is 24.2 Å². The fourth-order valence-corrected chi connectivity index (χ4v) is 2.16. The highest BCUT2D eigenvalue weighted by Gasteiger charge is 2.09. The number of aromatic nitrogens is 1. The van der Waals surface area contributed by atoms with Crippen molar-refractivity contribution in [3.05, 3.63) is 53.6 Å². The van der Waals surface area contributed by atoms with Crippen LogP contribution in [-0.4, -0.2) is 25.2 Å². The molecule has 21 heavy (non-hydrogen) atoms. The summed E-state index contributed by atoms with van der Waals surface area (Å²) in [6, 6.07) is 15.6. The summed E-state index contributed by atoms with van der Waals surface area (Å²) in [6.07, 6.45) is 0. The van der Waals surface area contributed by atoms with E-state index < -0.39 is 0 Å². The molecule has 0 amide bonds. The van der Waals surface area contributed by atoms with Crippen molar-refractivity contribution < 1.29 is 9.15 Å². The molecule has 2 aromatic carbocycles. The molecule has 0 unspecified atom stereocenters. The molecule has 1 heterocycles. The maximum atomic E-state index is 5.91. The van der Waals surface area contributed by atoms with E-state index in [-0.39, 0.29) is 0 Å². The van der Waals surface area contributed by atoms with Gasteiger partial charge in [-0.15, -0.1) is 0 Å². The van der Waals surface area contributed by atoms with Crippen molar-refractivity contribution in [2.24, 2.45) is 0 Å². The Labute approximate surface area is 127 Å². The first-order valence-corrected chi connectivity index (χ1v) is 7.05. The molecule has 0 atom stereocenters. The third-order valence-electron chi connectivity index (χ3n) is 3.10. The average Bonchev–Trinajstić information content (AvgIpc) is 2.91. The van der Waals surface area contributed by atoms with Crippen molar-refractivity contribution >= 4 is 28.7 Å². The number of para-hydroxylation sites is 2. The Kier molecular flexibility index (Phi) is 3.97. The highest BCUT2D eigenvalue weighted by atomic mass is 35.5. The van der Waals surface area contributed by atoms with Crippen LogP contribution in [0.5, 0.6) is 5.75 Å². The number of rotatable bonds is 5. The van der Waals surface area contributed by atoms with Gasteiger partial charge < -0.3 is 14.1 Å². The van der Waals surface area contributed by atoms with Gasteiger partial charge >= 0.3 is 0 Å². The van der Waals surface area contributed by atoms with Gasteiger partial charge in [-0.3, -0.25) is 0 Å². The molecular weight excluding hydrogens is 288 g/mol. The summed E-state index contributed by atoms with van der Waals surface area (Å²) < 4.78 is 11.3. The second-order valence-electron chi connectivity index (χ2n) is 4.69. The SMILES string of the molecule is CN(CCOc1cccc(Cl)c1)c1nc2ccccc2o1. The predicted molar refractivity (Wildman–Crippen MR) is 84.2 cm³/mol. The van der Waals surface area contributed by atoms with E-state index in [4.69, 9.17) is 20.8 Å². The number of oxazole rings is 1. The Morgan fingerprint density at radius 3 is 2.86 bits per heavy atom. The number of ether oxygens (including phenoxy) is 1. The number of likely N-dealkylation sites (N-methyl/N-ethyl adjacent to an activating group) is 1. The monoisotopic (exact) mass is 302 g/mol. The summed E-state index contributed by atoms with van der Waals surface area (Å²) in [5.41, 5.74) is 1.64. The van der Waals surface area contributed by atoms with Crippen molar-refractivity contribution in [3.63, 3.8) is 0 Å². The lowest BCUT2D eigenvalue weighted by atomic mass is 10.3. The number of halogens is 1. The summed E-state index contributed by atoms with van der Waals surface area (Å²) in [7, 11) is 1.92. The van der Waals surface area contributed by atoms with Gasteiger partial charge in [0.1, 0.15) is 17.9 Å². The van der Waals surface area contributed by atoms with E-state index in [9.17, 15) is 0 Å². The third kappa shape index (κ3) is 3.28. The summed E-state index contributed by atoms with van der Waals surface area (Å²) in [4.78, 5) is 6.36. The average molecular weight is 303 g/mol. The Morgan fingerprint density at radius 1 is 1.19 bits per heavy atom. The normalized spacial score (nSPS) is 10.8. The van der Waals surface area contributed by atoms with Crippen molar-refractivity contribution in [2.45, 2.75) is 0 Å². The van der Waals surface area contributed by atoms with Crippen LogP contribution in [0.2, 0.25) is 5.02 Å². The molecular formula is C16H15ClN2O2. The first-order valence-electron chi connectivity index (χ1n) is 6.67. The van der Waals surface area contributed by atoms with Crippen LogP contribution in [0, 0.1) is 0 Å². The van der Waals surface area contributed by atoms with E-state index in [1.165, 1.54) is 0 Å². The van der Waals surface area contributed by atoms with Crippen LogP contribution in [0.4, 0.5) is 6.01 Å². The Morgan fingerprint density at radius 2 is 2.05 bits per heavy atom. The zero-order chi connectivity index (χ0) is 14.7. The Hall–Kier alpha value is -2.20. The lowest BCUT2D eigenvalue weighted by molar-refractivity contribution is 0.323. The molecule has 5 heteroatoms. The van der Waals surface area contributed by atoms with Crippen LogP contribution < -0.4 is 9.64 Å². The van der Waals surface area contributed by atoms with Gasteiger partial charge in [0.05, 0.1) is 6.54 Å². The second-order valence-corrected chi connectivity index (χ2v) is 5.13. The lowest BCUT2D eigenvalue weighted by Crippen LogP contribution is -2.23. The number of hydrogen-bond acceptors (Lipinski definition) is 4. The Balaban J connectivity index is 1.60. The van der Waals surface area contributed by atoms with Crippen molar-refractivity contribution in [1.82, 2.24) is 4.98 Å². The van der Waals surface area contributed by atoms with Crippen LogP contribution in [0.25, 0.3) is 11.1 Å². The zero-order valence-electron chi connectivity index (χ0n) is 11.6. The van der Waals surface area contributed by atoms with Crippen LogP contribution in [0.3, 0.4) is 0 Å². The molecule has 0 radical (unpaired) electrons. The van der Waals surface area contributed by atoms with E-state index >= 15 is 0 Å². The van der Waals surface area contributed by atoms with Crippen LogP contribution in [0.15, 0.2) is 52.9 Å². The molecule has 0 fully saturated rings. The van der Waals surface area contributed by atoms with Crippen LogP contribution >= 0.6 is 11.6 Å². The highest BCUT2D eigenvalue weighted by Crippen LogP contribution is 2.21. The fraction of sp³-hybridized carbons (Fsp3) is 0.188. The molecule has 0 aliphatic rings. The van der Waals surface area contributed by atoms with Gasteiger partial charge in [-0.05, 0) is 30.3 Å². The molecule has 0 saturated carbocycles. The number of hydrogen-bond donors (Lipinski definition) is 0. The van der Waals surface area contributed by atoms with E-state index in [2.05, 4.69) is 4.98 Å². The minimum absolute atomic E-state index is 0.523. The molecule has 0 saturated heterocycles. The largest absolute Gasteiger partial charge is 0.492 e. The molecule has 3 rings (SSSR count). The number of fused-ring (bicyclic) bond motifs is 1. The molecule has 4 nitrogen and oxygen atoms in total. The van der Waals surface area contributed by atoms with Gasteiger partial charge in [0, 0.05) is 12.1 Å². The molecule has 0 aliphatic heterocycles. The molecule has 0 bridgehead atoms. The third-order valence-corrected chi connectivity index (χ3v) is 3.34. The molecule has 108 valence electrons. The van der Waals surface area contributed by atoms with Crippen LogP contribution in [-0.2, 0) is 0 Å². The standard InChI is InChI=1S/C16H15ClN2O2/c1-19(9-10-20-13-6-4-5-12(17)11-13)16-18-14-7-2-3-8-15(14)21-16/h2-8,11H,9-10H2,1H3.